The lowest BCUT2D eigenvalue weighted by Crippen LogP contribution is -2.47. The molecule has 0 fully saturated rings. The molecular weight excluding hydrogens is 280 g/mol. The van der Waals surface area contributed by atoms with E-state index in [0.717, 1.165) is 18.8 Å². The minimum absolute atomic E-state index is 0.123. The van der Waals surface area contributed by atoms with Crippen molar-refractivity contribution < 1.29 is 9.90 Å². The average Bonchev–Trinajstić information content (AvgIpc) is 2.88. The summed E-state index contributed by atoms with van der Waals surface area (Å²) < 4.78 is 2.04. The highest BCUT2D eigenvalue weighted by Crippen LogP contribution is 2.18. The zero-order valence-electron chi connectivity index (χ0n) is 14.4. The van der Waals surface area contributed by atoms with Crippen LogP contribution in [0.3, 0.4) is 0 Å². The van der Waals surface area contributed by atoms with Crippen molar-refractivity contribution in [3.05, 3.63) is 18.2 Å². The molecule has 126 valence electrons. The molecule has 0 aliphatic heterocycles. The summed E-state index contributed by atoms with van der Waals surface area (Å²) in [5.74, 6) is 1.47. The van der Waals surface area contributed by atoms with Gasteiger partial charge in [-0.2, -0.15) is 0 Å². The van der Waals surface area contributed by atoms with Gasteiger partial charge in [0.25, 0.3) is 0 Å². The van der Waals surface area contributed by atoms with Crippen LogP contribution in [0.15, 0.2) is 12.4 Å². The number of nitrogens with zero attached hydrogens (tertiary/aromatic N) is 2. The van der Waals surface area contributed by atoms with Crippen molar-refractivity contribution in [1.29, 1.82) is 0 Å². The van der Waals surface area contributed by atoms with Gasteiger partial charge in [0.15, 0.2) is 0 Å². The fourth-order valence-corrected chi connectivity index (χ4v) is 2.16. The van der Waals surface area contributed by atoms with Gasteiger partial charge in [-0.15, -0.1) is 0 Å². The maximum Gasteiger partial charge on any atom is 0.315 e. The molecule has 0 radical (unpaired) electrons. The third-order valence-corrected chi connectivity index (χ3v) is 4.05. The van der Waals surface area contributed by atoms with Crippen LogP contribution >= 0.6 is 0 Å². The van der Waals surface area contributed by atoms with Gasteiger partial charge in [-0.3, -0.25) is 0 Å². The third-order valence-electron chi connectivity index (χ3n) is 4.05. The lowest BCUT2D eigenvalue weighted by Gasteiger charge is -2.29. The number of hydrogen-bond donors (Lipinski definition) is 3. The van der Waals surface area contributed by atoms with E-state index in [2.05, 4.69) is 29.5 Å². The molecule has 2 atom stereocenters. The van der Waals surface area contributed by atoms with Crippen LogP contribution in [-0.4, -0.2) is 32.8 Å². The zero-order valence-corrected chi connectivity index (χ0v) is 14.4. The van der Waals surface area contributed by atoms with E-state index >= 15 is 0 Å². The second kappa shape index (κ2) is 8.17. The molecule has 0 saturated carbocycles. The van der Waals surface area contributed by atoms with Crippen molar-refractivity contribution in [2.24, 2.45) is 11.8 Å². The van der Waals surface area contributed by atoms with Crippen molar-refractivity contribution in [2.45, 2.75) is 59.7 Å². The molecule has 0 aromatic carbocycles. The van der Waals surface area contributed by atoms with Crippen LogP contribution in [0.4, 0.5) is 4.79 Å². The van der Waals surface area contributed by atoms with Crippen LogP contribution in [0, 0.1) is 11.8 Å². The molecule has 6 heteroatoms. The van der Waals surface area contributed by atoms with Gasteiger partial charge in [-0.25, -0.2) is 9.78 Å². The maximum absolute atomic E-state index is 11.9. The lowest BCUT2D eigenvalue weighted by atomic mass is 9.89. The molecule has 1 aromatic rings. The summed E-state index contributed by atoms with van der Waals surface area (Å²) >= 11 is 0. The first-order valence-electron chi connectivity index (χ1n) is 8.00. The second-order valence-electron chi connectivity index (χ2n) is 6.59. The zero-order chi connectivity index (χ0) is 16.8. The molecule has 0 aliphatic carbocycles. The SMILES string of the molecule is CCC(C)C(C)(O)CNC(=O)NCc1nccn1CC(C)C. The number of aliphatic hydroxyl groups is 1. The van der Waals surface area contributed by atoms with E-state index < -0.39 is 5.60 Å². The Morgan fingerprint density at radius 3 is 2.68 bits per heavy atom. The van der Waals surface area contributed by atoms with E-state index in [4.69, 9.17) is 0 Å². The molecular formula is C16H30N4O2. The van der Waals surface area contributed by atoms with E-state index in [1.165, 1.54) is 0 Å². The molecule has 1 aromatic heterocycles. The van der Waals surface area contributed by atoms with Gasteiger partial charge in [-0.1, -0.05) is 34.1 Å². The third kappa shape index (κ3) is 5.67. The fraction of sp³-hybridized carbons (Fsp3) is 0.750. The molecule has 1 rings (SSSR count). The minimum atomic E-state index is -0.901. The Morgan fingerprint density at radius 1 is 1.41 bits per heavy atom. The fourth-order valence-electron chi connectivity index (χ4n) is 2.16. The molecule has 0 saturated heterocycles. The molecule has 2 amide bonds. The number of urea groups is 1. The van der Waals surface area contributed by atoms with Gasteiger partial charge >= 0.3 is 6.03 Å². The summed E-state index contributed by atoms with van der Waals surface area (Å²) in [4.78, 5) is 16.1. The Balaban J connectivity index is 2.42. The molecule has 3 N–H and O–H groups in total. The van der Waals surface area contributed by atoms with Crippen LogP contribution in [0.5, 0.6) is 0 Å². The first-order valence-corrected chi connectivity index (χ1v) is 8.00. The predicted octanol–water partition coefficient (Wildman–Crippen LogP) is 2.14. The van der Waals surface area contributed by atoms with Crippen molar-refractivity contribution in [3.63, 3.8) is 0 Å². The molecule has 22 heavy (non-hydrogen) atoms. The Hall–Kier alpha value is -1.56. The van der Waals surface area contributed by atoms with Crippen molar-refractivity contribution in [1.82, 2.24) is 20.2 Å². The summed E-state index contributed by atoms with van der Waals surface area (Å²) in [6.45, 7) is 11.5. The predicted molar refractivity (Wildman–Crippen MR) is 87.4 cm³/mol. The topological polar surface area (TPSA) is 79.2 Å². The number of rotatable bonds is 8. The van der Waals surface area contributed by atoms with Crippen LogP contribution in [0.2, 0.25) is 0 Å². The van der Waals surface area contributed by atoms with Crippen LogP contribution in [0.25, 0.3) is 0 Å². The Bertz CT molecular complexity index is 468. The highest BCUT2D eigenvalue weighted by molar-refractivity contribution is 5.73. The summed E-state index contributed by atoms with van der Waals surface area (Å²) in [6.07, 6.45) is 4.52. The number of nitrogens with one attached hydrogen (secondary N) is 2. The first kappa shape index (κ1) is 18.5. The summed E-state index contributed by atoms with van der Waals surface area (Å²) in [5, 5.41) is 15.8. The van der Waals surface area contributed by atoms with Gasteiger partial charge in [0.1, 0.15) is 5.82 Å². The second-order valence-corrected chi connectivity index (χ2v) is 6.59. The monoisotopic (exact) mass is 310 g/mol. The molecule has 0 spiro atoms. The number of imidazole rings is 1. The minimum Gasteiger partial charge on any atom is -0.388 e. The maximum atomic E-state index is 11.9. The quantitative estimate of drug-likeness (QED) is 0.688. The van der Waals surface area contributed by atoms with E-state index in [-0.39, 0.29) is 18.5 Å². The summed E-state index contributed by atoms with van der Waals surface area (Å²) in [6, 6.07) is -0.289. The summed E-state index contributed by atoms with van der Waals surface area (Å²) in [5.41, 5.74) is -0.901. The Morgan fingerprint density at radius 2 is 2.09 bits per heavy atom. The van der Waals surface area contributed by atoms with E-state index in [9.17, 15) is 9.90 Å². The average molecular weight is 310 g/mol. The standard InChI is InChI=1S/C16H30N4O2/c1-6-13(4)16(5,22)11-19-15(21)18-9-14-17-7-8-20(14)10-12(2)3/h7-8,12-13,22H,6,9-11H2,1-5H3,(H2,18,19,21). The Kier molecular flexibility index (Phi) is 6.87. The van der Waals surface area contributed by atoms with Gasteiger partial charge in [0.05, 0.1) is 12.1 Å². The first-order chi connectivity index (χ1) is 10.3. The van der Waals surface area contributed by atoms with Gasteiger partial charge in [0.2, 0.25) is 0 Å². The highest BCUT2D eigenvalue weighted by atomic mass is 16.3. The molecule has 0 aliphatic rings. The smallest absolute Gasteiger partial charge is 0.315 e. The van der Waals surface area contributed by atoms with E-state index in [1.54, 1.807) is 13.1 Å². The molecule has 0 bridgehead atoms. The van der Waals surface area contributed by atoms with Crippen LogP contribution < -0.4 is 10.6 Å². The number of carbonyl (C=O) groups excluding carboxylic acids is 1. The molecule has 6 nitrogen and oxygen atoms in total. The van der Waals surface area contributed by atoms with Crippen LogP contribution in [-0.2, 0) is 13.1 Å². The number of amides is 2. The van der Waals surface area contributed by atoms with Crippen molar-refractivity contribution in [3.8, 4) is 0 Å². The van der Waals surface area contributed by atoms with Crippen LogP contribution in [0.1, 0.15) is 46.9 Å². The van der Waals surface area contributed by atoms with Crippen molar-refractivity contribution >= 4 is 6.03 Å². The van der Waals surface area contributed by atoms with E-state index in [1.807, 2.05) is 24.6 Å². The van der Waals surface area contributed by atoms with Gasteiger partial charge in [0, 0.05) is 25.5 Å². The molecule has 1 heterocycles. The van der Waals surface area contributed by atoms with Gasteiger partial charge < -0.3 is 20.3 Å². The van der Waals surface area contributed by atoms with Gasteiger partial charge in [-0.05, 0) is 18.8 Å². The number of aromatic nitrogens is 2. The van der Waals surface area contributed by atoms with E-state index in [0.29, 0.717) is 12.5 Å². The number of carbonyl (C=O) groups is 1. The van der Waals surface area contributed by atoms with Crippen molar-refractivity contribution in [2.75, 3.05) is 6.54 Å². The largest absolute Gasteiger partial charge is 0.388 e. The Labute approximate surface area is 133 Å². The molecule has 2 unspecified atom stereocenters. The lowest BCUT2D eigenvalue weighted by molar-refractivity contribution is 0.00790. The summed E-state index contributed by atoms with van der Waals surface area (Å²) in [7, 11) is 0. The number of hydrogen-bond acceptors (Lipinski definition) is 3. The highest BCUT2D eigenvalue weighted by Gasteiger charge is 2.27. The normalized spacial score (nSPS) is 15.4.